The zero-order chi connectivity index (χ0) is 8.27. The van der Waals surface area contributed by atoms with Gasteiger partial charge < -0.3 is 5.11 Å². The second kappa shape index (κ2) is 3.14. The fourth-order valence-corrected chi connectivity index (χ4v) is 0.786. The van der Waals surface area contributed by atoms with Crippen LogP contribution in [-0.2, 0) is 6.67 Å². The molecule has 0 saturated heterocycles. The number of benzene rings is 1. The van der Waals surface area contributed by atoms with Crippen LogP contribution in [0.25, 0.3) is 0 Å². The molecule has 11 heavy (non-hydrogen) atoms. The molecule has 0 aliphatic carbocycles. The van der Waals surface area contributed by atoms with E-state index in [-0.39, 0.29) is 11.3 Å². The topological polar surface area (TPSA) is 37.3 Å². The Bertz CT molecular complexity index is 271. The van der Waals surface area contributed by atoms with Crippen LogP contribution in [0.2, 0.25) is 0 Å². The molecule has 0 unspecified atom stereocenters. The molecular formula is C8H7FO2. The molecule has 0 radical (unpaired) electrons. The molecule has 0 aliphatic heterocycles. The van der Waals surface area contributed by atoms with Crippen molar-refractivity contribution in [2.45, 2.75) is 6.67 Å². The summed E-state index contributed by atoms with van der Waals surface area (Å²) in [6.45, 7) is -0.756. The maximum atomic E-state index is 12.0. The molecule has 1 aromatic rings. The lowest BCUT2D eigenvalue weighted by Crippen LogP contribution is -1.84. The van der Waals surface area contributed by atoms with Gasteiger partial charge in [-0.05, 0) is 18.2 Å². The molecule has 0 saturated carbocycles. The predicted molar refractivity (Wildman–Crippen MR) is 38.3 cm³/mol. The molecule has 0 aromatic heterocycles. The van der Waals surface area contributed by atoms with Gasteiger partial charge in [-0.15, -0.1) is 0 Å². The Balaban J connectivity index is 3.12. The Morgan fingerprint density at radius 1 is 1.55 bits per heavy atom. The van der Waals surface area contributed by atoms with Crippen molar-refractivity contribution in [1.29, 1.82) is 0 Å². The third-order valence-corrected chi connectivity index (χ3v) is 1.38. The number of halogens is 1. The van der Waals surface area contributed by atoms with E-state index in [2.05, 4.69) is 0 Å². The SMILES string of the molecule is O=Cc1ccc(O)c(CF)c1. The van der Waals surface area contributed by atoms with Crippen molar-refractivity contribution in [1.82, 2.24) is 0 Å². The maximum absolute atomic E-state index is 12.0. The van der Waals surface area contributed by atoms with Crippen molar-refractivity contribution in [2.75, 3.05) is 0 Å². The van der Waals surface area contributed by atoms with E-state index in [0.29, 0.717) is 11.8 Å². The lowest BCUT2D eigenvalue weighted by atomic mass is 10.1. The summed E-state index contributed by atoms with van der Waals surface area (Å²) >= 11 is 0. The van der Waals surface area contributed by atoms with Gasteiger partial charge in [-0.2, -0.15) is 0 Å². The van der Waals surface area contributed by atoms with Crippen LogP contribution in [0.15, 0.2) is 18.2 Å². The number of phenolic OH excluding ortho intramolecular Hbond substituents is 1. The van der Waals surface area contributed by atoms with Crippen LogP contribution in [0.5, 0.6) is 5.75 Å². The summed E-state index contributed by atoms with van der Waals surface area (Å²) in [6, 6.07) is 4.06. The zero-order valence-corrected chi connectivity index (χ0v) is 5.75. The van der Waals surface area contributed by atoms with Gasteiger partial charge in [0, 0.05) is 11.1 Å². The van der Waals surface area contributed by atoms with Gasteiger partial charge in [0.1, 0.15) is 18.7 Å². The molecule has 58 valence electrons. The van der Waals surface area contributed by atoms with E-state index >= 15 is 0 Å². The first-order chi connectivity index (χ1) is 5.27. The lowest BCUT2D eigenvalue weighted by Gasteiger charge is -1.98. The molecule has 0 amide bonds. The van der Waals surface area contributed by atoms with E-state index in [9.17, 15) is 9.18 Å². The van der Waals surface area contributed by atoms with Gasteiger partial charge in [0.05, 0.1) is 0 Å². The van der Waals surface area contributed by atoms with Gasteiger partial charge in [-0.25, -0.2) is 4.39 Å². The first kappa shape index (κ1) is 7.72. The van der Waals surface area contributed by atoms with Crippen LogP contribution in [0.1, 0.15) is 15.9 Å². The number of carbonyl (C=O) groups excluding carboxylic acids is 1. The molecule has 0 aliphatic rings. The average molecular weight is 154 g/mol. The highest BCUT2D eigenvalue weighted by molar-refractivity contribution is 5.75. The standard InChI is InChI=1S/C8H7FO2/c9-4-7-3-6(5-10)1-2-8(7)11/h1-3,5,11H,4H2. The smallest absolute Gasteiger partial charge is 0.150 e. The van der Waals surface area contributed by atoms with E-state index in [4.69, 9.17) is 5.11 Å². The van der Waals surface area contributed by atoms with Crippen molar-refractivity contribution in [2.24, 2.45) is 0 Å². The average Bonchev–Trinajstić information content (AvgIpc) is 2.05. The van der Waals surface area contributed by atoms with E-state index in [0.717, 1.165) is 0 Å². The Morgan fingerprint density at radius 2 is 2.27 bits per heavy atom. The summed E-state index contributed by atoms with van der Waals surface area (Å²) in [6.07, 6.45) is 0.610. The van der Waals surface area contributed by atoms with Crippen LogP contribution >= 0.6 is 0 Å². The Morgan fingerprint density at radius 3 is 2.82 bits per heavy atom. The third kappa shape index (κ3) is 1.55. The first-order valence-corrected chi connectivity index (χ1v) is 3.11. The number of phenols is 1. The van der Waals surface area contributed by atoms with Crippen molar-refractivity contribution >= 4 is 6.29 Å². The second-order valence-electron chi connectivity index (χ2n) is 2.14. The summed E-state index contributed by atoms with van der Waals surface area (Å²) in [5.41, 5.74) is 0.519. The zero-order valence-electron chi connectivity index (χ0n) is 5.75. The van der Waals surface area contributed by atoms with E-state index in [1.54, 1.807) is 0 Å². The van der Waals surface area contributed by atoms with Crippen molar-refractivity contribution in [3.8, 4) is 5.75 Å². The molecule has 0 fully saturated rings. The number of hydrogen-bond acceptors (Lipinski definition) is 2. The van der Waals surface area contributed by atoms with Crippen molar-refractivity contribution in [3.05, 3.63) is 29.3 Å². The molecule has 1 N–H and O–H groups in total. The minimum Gasteiger partial charge on any atom is -0.508 e. The second-order valence-corrected chi connectivity index (χ2v) is 2.14. The van der Waals surface area contributed by atoms with Crippen molar-refractivity contribution in [3.63, 3.8) is 0 Å². The summed E-state index contributed by atoms with van der Waals surface area (Å²) in [7, 11) is 0. The molecular weight excluding hydrogens is 147 g/mol. The molecule has 1 aromatic carbocycles. The monoisotopic (exact) mass is 154 g/mol. The minimum absolute atomic E-state index is 0.113. The largest absolute Gasteiger partial charge is 0.508 e. The van der Waals surface area contributed by atoms with Gasteiger partial charge in [0.15, 0.2) is 0 Å². The summed E-state index contributed by atoms with van der Waals surface area (Å²) in [5.74, 6) is -0.113. The fraction of sp³-hybridized carbons (Fsp3) is 0.125. The summed E-state index contributed by atoms with van der Waals surface area (Å²) in [5, 5.41) is 8.97. The molecule has 1 rings (SSSR count). The van der Waals surface area contributed by atoms with Crippen molar-refractivity contribution < 1.29 is 14.3 Å². The van der Waals surface area contributed by atoms with Crippen LogP contribution in [-0.4, -0.2) is 11.4 Å². The molecule has 0 heterocycles. The fourth-order valence-electron chi connectivity index (χ4n) is 0.786. The highest BCUT2D eigenvalue weighted by Gasteiger charge is 2.00. The van der Waals surface area contributed by atoms with Crippen LogP contribution in [0, 0.1) is 0 Å². The van der Waals surface area contributed by atoms with Crippen LogP contribution < -0.4 is 0 Å². The number of aldehydes is 1. The first-order valence-electron chi connectivity index (χ1n) is 3.11. The third-order valence-electron chi connectivity index (χ3n) is 1.38. The quantitative estimate of drug-likeness (QED) is 0.658. The number of carbonyl (C=O) groups is 1. The number of alkyl halides is 1. The van der Waals surface area contributed by atoms with Gasteiger partial charge in [-0.1, -0.05) is 0 Å². The minimum atomic E-state index is -0.756. The van der Waals surface area contributed by atoms with Crippen LogP contribution in [0.4, 0.5) is 4.39 Å². The van der Waals surface area contributed by atoms with Crippen LogP contribution in [0.3, 0.4) is 0 Å². The highest BCUT2D eigenvalue weighted by atomic mass is 19.1. The number of hydrogen-bond donors (Lipinski definition) is 1. The molecule has 3 heteroatoms. The highest BCUT2D eigenvalue weighted by Crippen LogP contribution is 2.18. The van der Waals surface area contributed by atoms with Gasteiger partial charge in [0.2, 0.25) is 0 Å². The predicted octanol–water partition coefficient (Wildman–Crippen LogP) is 1.67. The molecule has 0 spiro atoms. The van der Waals surface area contributed by atoms with E-state index < -0.39 is 6.67 Å². The summed E-state index contributed by atoms with van der Waals surface area (Å²) in [4.78, 5) is 10.2. The van der Waals surface area contributed by atoms with Gasteiger partial charge in [0.25, 0.3) is 0 Å². The van der Waals surface area contributed by atoms with E-state index in [1.807, 2.05) is 0 Å². The van der Waals surface area contributed by atoms with E-state index in [1.165, 1.54) is 18.2 Å². The molecule has 0 bridgehead atoms. The molecule has 0 atom stereocenters. The Labute approximate surface area is 63.3 Å². The normalized spacial score (nSPS) is 9.55. The Hall–Kier alpha value is -1.38. The van der Waals surface area contributed by atoms with Gasteiger partial charge in [-0.3, -0.25) is 4.79 Å². The maximum Gasteiger partial charge on any atom is 0.150 e. The number of rotatable bonds is 2. The number of aromatic hydroxyl groups is 1. The summed E-state index contributed by atoms with van der Waals surface area (Å²) < 4.78 is 12.0. The Kier molecular flexibility index (Phi) is 2.21. The molecule has 2 nitrogen and oxygen atoms in total. The van der Waals surface area contributed by atoms with Gasteiger partial charge >= 0.3 is 0 Å². The lowest BCUT2D eigenvalue weighted by molar-refractivity contribution is 0.112.